The Balaban J connectivity index is 1.74. The minimum atomic E-state index is 0.546. The molecule has 25 heavy (non-hydrogen) atoms. The fraction of sp³-hybridized carbons (Fsp3) is 0.222. The van der Waals surface area contributed by atoms with E-state index in [9.17, 15) is 0 Å². The molecule has 1 aliphatic rings. The summed E-state index contributed by atoms with van der Waals surface area (Å²) in [7, 11) is 3.20. The van der Waals surface area contributed by atoms with Gasteiger partial charge >= 0.3 is 0 Å². The topological polar surface area (TPSA) is 74.7 Å². The van der Waals surface area contributed by atoms with Gasteiger partial charge in [-0.15, -0.1) is 0 Å². The quantitative estimate of drug-likeness (QED) is 0.782. The first kappa shape index (κ1) is 15.3. The normalized spacial score (nSPS) is 12.7. The smallest absolute Gasteiger partial charge is 0.163 e. The highest BCUT2D eigenvalue weighted by atomic mass is 16.6. The largest absolute Gasteiger partial charge is 0.493 e. The van der Waals surface area contributed by atoms with Crippen LogP contribution in [0.25, 0.3) is 10.9 Å². The van der Waals surface area contributed by atoms with Crippen LogP contribution in [-0.2, 0) is 0 Å². The van der Waals surface area contributed by atoms with Crippen LogP contribution in [0.1, 0.15) is 0 Å². The van der Waals surface area contributed by atoms with Crippen molar-refractivity contribution in [3.05, 3.63) is 36.7 Å². The Kier molecular flexibility index (Phi) is 3.89. The highest BCUT2D eigenvalue weighted by Crippen LogP contribution is 2.36. The van der Waals surface area contributed by atoms with E-state index in [4.69, 9.17) is 18.9 Å². The third kappa shape index (κ3) is 2.84. The van der Waals surface area contributed by atoms with Crippen molar-refractivity contribution in [1.82, 2.24) is 9.97 Å². The molecule has 0 bridgehead atoms. The molecule has 0 atom stereocenters. The van der Waals surface area contributed by atoms with E-state index in [1.807, 2.05) is 30.3 Å². The maximum atomic E-state index is 5.62. The van der Waals surface area contributed by atoms with Gasteiger partial charge in [0.1, 0.15) is 25.4 Å². The molecular formula is C18H17N3O4. The lowest BCUT2D eigenvalue weighted by Gasteiger charge is -2.19. The highest BCUT2D eigenvalue weighted by molar-refractivity contribution is 5.93. The zero-order valence-corrected chi connectivity index (χ0v) is 13.9. The van der Waals surface area contributed by atoms with Crippen LogP contribution in [0.15, 0.2) is 36.7 Å². The van der Waals surface area contributed by atoms with E-state index in [0.29, 0.717) is 36.3 Å². The molecule has 2 aromatic carbocycles. The van der Waals surface area contributed by atoms with Gasteiger partial charge in [-0.2, -0.15) is 0 Å². The van der Waals surface area contributed by atoms with Gasteiger partial charge < -0.3 is 24.3 Å². The van der Waals surface area contributed by atoms with Gasteiger partial charge in [0.15, 0.2) is 23.0 Å². The van der Waals surface area contributed by atoms with Crippen molar-refractivity contribution in [2.75, 3.05) is 32.8 Å². The number of fused-ring (bicyclic) bond motifs is 2. The Labute approximate surface area is 144 Å². The van der Waals surface area contributed by atoms with Gasteiger partial charge in [-0.3, -0.25) is 0 Å². The molecule has 7 heteroatoms. The Morgan fingerprint density at radius 2 is 1.68 bits per heavy atom. The summed E-state index contributed by atoms with van der Waals surface area (Å²) in [5.41, 5.74) is 1.60. The zero-order chi connectivity index (χ0) is 17.2. The van der Waals surface area contributed by atoms with Crippen molar-refractivity contribution in [2.24, 2.45) is 0 Å². The van der Waals surface area contributed by atoms with E-state index in [-0.39, 0.29) is 0 Å². The van der Waals surface area contributed by atoms with Gasteiger partial charge in [-0.25, -0.2) is 9.97 Å². The SMILES string of the molecule is COc1cc2ncnc(Nc3ccc4c(c3)OCCO4)c2cc1OC. The number of rotatable bonds is 4. The molecule has 1 N–H and O–H groups in total. The first-order valence-corrected chi connectivity index (χ1v) is 7.82. The summed E-state index contributed by atoms with van der Waals surface area (Å²) in [6.45, 7) is 1.11. The lowest BCUT2D eigenvalue weighted by atomic mass is 10.2. The first-order chi connectivity index (χ1) is 12.3. The second-order valence-corrected chi connectivity index (χ2v) is 5.43. The fourth-order valence-electron chi connectivity index (χ4n) is 2.74. The van der Waals surface area contributed by atoms with Gasteiger partial charge in [0.25, 0.3) is 0 Å². The van der Waals surface area contributed by atoms with Crippen LogP contribution in [0.4, 0.5) is 11.5 Å². The third-order valence-corrected chi connectivity index (χ3v) is 3.95. The summed E-state index contributed by atoms with van der Waals surface area (Å²) in [5.74, 6) is 3.38. The minimum Gasteiger partial charge on any atom is -0.493 e. The molecule has 0 saturated heterocycles. The molecule has 0 saturated carbocycles. The van der Waals surface area contributed by atoms with Gasteiger partial charge in [-0.1, -0.05) is 0 Å². The van der Waals surface area contributed by atoms with Crippen LogP contribution in [0.5, 0.6) is 23.0 Å². The summed E-state index contributed by atoms with van der Waals surface area (Å²) in [6, 6.07) is 9.37. The lowest BCUT2D eigenvalue weighted by Crippen LogP contribution is -2.15. The number of hydrogen-bond donors (Lipinski definition) is 1. The number of aromatic nitrogens is 2. The van der Waals surface area contributed by atoms with E-state index in [1.54, 1.807) is 14.2 Å². The van der Waals surface area contributed by atoms with Gasteiger partial charge in [-0.05, 0) is 18.2 Å². The van der Waals surface area contributed by atoms with Crippen molar-refractivity contribution >= 4 is 22.4 Å². The third-order valence-electron chi connectivity index (χ3n) is 3.95. The number of hydrogen-bond acceptors (Lipinski definition) is 7. The number of nitrogens with zero attached hydrogens (tertiary/aromatic N) is 2. The van der Waals surface area contributed by atoms with Crippen LogP contribution >= 0.6 is 0 Å². The average molecular weight is 339 g/mol. The predicted octanol–water partition coefficient (Wildman–Crippen LogP) is 3.16. The van der Waals surface area contributed by atoms with Crippen molar-refractivity contribution in [3.8, 4) is 23.0 Å². The molecule has 2 heterocycles. The molecule has 0 radical (unpaired) electrons. The van der Waals surface area contributed by atoms with Crippen LogP contribution in [0.2, 0.25) is 0 Å². The molecule has 1 aromatic heterocycles. The standard InChI is InChI=1S/C18H17N3O4/c1-22-15-8-12-13(9-16(15)23-2)19-10-20-18(12)21-11-3-4-14-17(7-11)25-6-5-24-14/h3-4,7-10H,5-6H2,1-2H3,(H,19,20,21). The summed E-state index contributed by atoms with van der Waals surface area (Å²) in [6.07, 6.45) is 1.51. The Hall–Kier alpha value is -3.22. The maximum absolute atomic E-state index is 5.62. The monoisotopic (exact) mass is 339 g/mol. The lowest BCUT2D eigenvalue weighted by molar-refractivity contribution is 0.171. The van der Waals surface area contributed by atoms with Crippen molar-refractivity contribution in [2.45, 2.75) is 0 Å². The number of anilines is 2. The fourth-order valence-corrected chi connectivity index (χ4v) is 2.74. The van der Waals surface area contributed by atoms with Gasteiger partial charge in [0.05, 0.1) is 19.7 Å². The van der Waals surface area contributed by atoms with Crippen molar-refractivity contribution in [1.29, 1.82) is 0 Å². The second-order valence-electron chi connectivity index (χ2n) is 5.43. The van der Waals surface area contributed by atoms with E-state index in [2.05, 4.69) is 15.3 Å². The summed E-state index contributed by atoms with van der Waals surface area (Å²) >= 11 is 0. The number of methoxy groups -OCH3 is 2. The molecule has 128 valence electrons. The number of nitrogens with one attached hydrogen (secondary N) is 1. The molecule has 0 unspecified atom stereocenters. The van der Waals surface area contributed by atoms with E-state index >= 15 is 0 Å². The van der Waals surface area contributed by atoms with Crippen LogP contribution in [-0.4, -0.2) is 37.4 Å². The van der Waals surface area contributed by atoms with Crippen molar-refractivity contribution < 1.29 is 18.9 Å². The summed E-state index contributed by atoms with van der Waals surface area (Å²) < 4.78 is 21.9. The second kappa shape index (κ2) is 6.35. The molecule has 1 aliphatic heterocycles. The average Bonchev–Trinajstić information content (AvgIpc) is 2.67. The van der Waals surface area contributed by atoms with Crippen LogP contribution in [0, 0.1) is 0 Å². The molecule has 7 nitrogen and oxygen atoms in total. The van der Waals surface area contributed by atoms with E-state index in [1.165, 1.54) is 6.33 Å². The number of benzene rings is 2. The minimum absolute atomic E-state index is 0.546. The molecule has 0 fully saturated rings. The molecule has 3 aromatic rings. The first-order valence-electron chi connectivity index (χ1n) is 7.82. The van der Waals surface area contributed by atoms with Crippen molar-refractivity contribution in [3.63, 3.8) is 0 Å². The summed E-state index contributed by atoms with van der Waals surface area (Å²) in [5, 5.41) is 4.13. The molecule has 0 amide bonds. The molecule has 4 rings (SSSR count). The van der Waals surface area contributed by atoms with Gasteiger partial charge in [0.2, 0.25) is 0 Å². The Bertz CT molecular complexity index is 930. The van der Waals surface area contributed by atoms with Gasteiger partial charge in [0, 0.05) is 23.2 Å². The van der Waals surface area contributed by atoms with Crippen LogP contribution in [0.3, 0.4) is 0 Å². The predicted molar refractivity (Wildman–Crippen MR) is 93.4 cm³/mol. The van der Waals surface area contributed by atoms with E-state index < -0.39 is 0 Å². The Morgan fingerprint density at radius 1 is 0.920 bits per heavy atom. The maximum Gasteiger partial charge on any atom is 0.163 e. The molecule has 0 spiro atoms. The molecule has 0 aliphatic carbocycles. The van der Waals surface area contributed by atoms with E-state index in [0.717, 1.165) is 22.3 Å². The number of ether oxygens (including phenoxy) is 4. The van der Waals surface area contributed by atoms with Crippen LogP contribution < -0.4 is 24.3 Å². The molecular weight excluding hydrogens is 322 g/mol. The highest BCUT2D eigenvalue weighted by Gasteiger charge is 2.14. The zero-order valence-electron chi connectivity index (χ0n) is 13.9. The summed E-state index contributed by atoms with van der Waals surface area (Å²) in [4.78, 5) is 8.66. The Morgan fingerprint density at radius 3 is 2.48 bits per heavy atom.